The number of Topliss-reactive ketones (excluding diaryl/α,β-unsaturated/α-hetero) is 1. The number of amides is 2. The largest absolute Gasteiger partial charge is 0.466 e. The monoisotopic (exact) mass is 540 g/mol. The molecule has 0 aromatic heterocycles. The first-order chi connectivity index (χ1) is 19.2. The number of hydrogen-bond acceptors (Lipinski definition) is 8. The predicted octanol–water partition coefficient (Wildman–Crippen LogP) is 2.26. The molecule has 0 radical (unpaired) electrons. The minimum Gasteiger partial charge on any atom is -0.466 e. The summed E-state index contributed by atoms with van der Waals surface area (Å²) in [5.41, 5.74) is 6.50. The van der Waals surface area contributed by atoms with Crippen molar-refractivity contribution in [1.29, 1.82) is 0 Å². The van der Waals surface area contributed by atoms with E-state index in [0.717, 1.165) is 0 Å². The third kappa shape index (κ3) is 6.00. The number of hydrazone groups is 1. The fourth-order valence-electron chi connectivity index (χ4n) is 4.61. The molecular weight excluding hydrogens is 512 g/mol. The zero-order valence-corrected chi connectivity index (χ0v) is 22.3. The average molecular weight is 541 g/mol. The van der Waals surface area contributed by atoms with Crippen LogP contribution in [-0.4, -0.2) is 48.1 Å². The van der Waals surface area contributed by atoms with Crippen molar-refractivity contribution in [3.8, 4) is 11.8 Å². The number of anilines is 1. The number of aliphatic hydroxyl groups excluding tert-OH is 1. The van der Waals surface area contributed by atoms with Gasteiger partial charge >= 0.3 is 5.97 Å². The maximum Gasteiger partial charge on any atom is 0.336 e. The number of methoxy groups -OCH3 is 1. The van der Waals surface area contributed by atoms with Crippen LogP contribution >= 0.6 is 0 Å². The van der Waals surface area contributed by atoms with E-state index in [9.17, 15) is 19.2 Å². The number of allylic oxidation sites excluding steroid dienone is 2. The molecule has 204 valence electrons. The van der Waals surface area contributed by atoms with Gasteiger partial charge in [0.1, 0.15) is 5.71 Å². The van der Waals surface area contributed by atoms with Crippen molar-refractivity contribution in [2.24, 2.45) is 5.10 Å². The lowest BCUT2D eigenvalue weighted by Gasteiger charge is -2.31. The SMILES string of the molecule is COC(=O)C1=C(C)NC(C)=C(C(=O)Nc2ccc(C3=NNC(=O)CC3=O)cc2)C1c1cccc(C#CCCO)c1. The van der Waals surface area contributed by atoms with Gasteiger partial charge in [0.15, 0.2) is 5.78 Å². The quantitative estimate of drug-likeness (QED) is 0.250. The highest BCUT2D eigenvalue weighted by Crippen LogP contribution is 2.39. The molecule has 0 spiro atoms. The van der Waals surface area contributed by atoms with Gasteiger partial charge in [-0.05, 0) is 43.7 Å². The van der Waals surface area contributed by atoms with E-state index in [1.165, 1.54) is 7.11 Å². The zero-order valence-electron chi connectivity index (χ0n) is 22.3. The van der Waals surface area contributed by atoms with Gasteiger partial charge in [-0.3, -0.25) is 14.4 Å². The van der Waals surface area contributed by atoms with Crippen molar-refractivity contribution in [2.75, 3.05) is 19.0 Å². The van der Waals surface area contributed by atoms with Gasteiger partial charge in [0, 0.05) is 40.2 Å². The lowest BCUT2D eigenvalue weighted by Crippen LogP contribution is -2.34. The van der Waals surface area contributed by atoms with Crippen molar-refractivity contribution in [2.45, 2.75) is 32.6 Å². The Hall–Kier alpha value is -5.01. The smallest absolute Gasteiger partial charge is 0.336 e. The minimum atomic E-state index is -0.745. The van der Waals surface area contributed by atoms with Crippen LogP contribution in [0.25, 0.3) is 0 Å². The van der Waals surface area contributed by atoms with Crippen molar-refractivity contribution >= 4 is 35.0 Å². The molecule has 0 saturated carbocycles. The number of nitrogens with one attached hydrogen (secondary N) is 3. The highest BCUT2D eigenvalue weighted by atomic mass is 16.5. The van der Waals surface area contributed by atoms with Crippen molar-refractivity contribution in [1.82, 2.24) is 10.7 Å². The summed E-state index contributed by atoms with van der Waals surface area (Å²) in [6.45, 7) is 3.46. The van der Waals surface area contributed by atoms with Crippen molar-refractivity contribution < 1.29 is 29.0 Å². The number of carbonyl (C=O) groups is 4. The summed E-state index contributed by atoms with van der Waals surface area (Å²) in [4.78, 5) is 50.2. The van der Waals surface area contributed by atoms with Crippen LogP contribution in [0.3, 0.4) is 0 Å². The van der Waals surface area contributed by atoms with Crippen LogP contribution in [0.5, 0.6) is 0 Å². The number of aliphatic hydroxyl groups is 1. The summed E-state index contributed by atoms with van der Waals surface area (Å²) >= 11 is 0. The standard InChI is InChI=1S/C30H28N4O6/c1-17-25(29(38)32-22-12-10-20(11-13-22)28-23(36)16-24(37)33-34-28)27(26(18(2)31-17)30(39)40-3)21-9-6-8-19(15-21)7-4-5-14-35/h6,8-13,15,27,31,35H,5,14,16H2,1-3H3,(H,32,38)(H,33,37). The first-order valence-electron chi connectivity index (χ1n) is 12.5. The van der Waals surface area contributed by atoms with Crippen LogP contribution in [0.15, 0.2) is 76.2 Å². The number of benzene rings is 2. The highest BCUT2D eigenvalue weighted by Gasteiger charge is 2.37. The van der Waals surface area contributed by atoms with E-state index in [-0.39, 0.29) is 18.7 Å². The van der Waals surface area contributed by atoms with Gasteiger partial charge in [-0.2, -0.15) is 5.10 Å². The van der Waals surface area contributed by atoms with Crippen LogP contribution in [0.4, 0.5) is 5.69 Å². The second kappa shape index (κ2) is 12.2. The molecule has 4 N–H and O–H groups in total. The molecule has 0 saturated heterocycles. The number of ketones is 1. The number of hydrogen-bond donors (Lipinski definition) is 4. The first kappa shape index (κ1) is 28.0. The maximum atomic E-state index is 13.7. The fourth-order valence-corrected chi connectivity index (χ4v) is 4.61. The Labute approximate surface area is 231 Å². The molecule has 10 heteroatoms. The van der Waals surface area contributed by atoms with Gasteiger partial charge in [0.05, 0.1) is 31.6 Å². The molecule has 2 aliphatic heterocycles. The van der Waals surface area contributed by atoms with Crippen LogP contribution in [-0.2, 0) is 23.9 Å². The summed E-state index contributed by atoms with van der Waals surface area (Å²) < 4.78 is 5.08. The van der Waals surface area contributed by atoms with Crippen molar-refractivity contribution in [3.05, 3.63) is 87.8 Å². The number of rotatable bonds is 6. The third-order valence-electron chi connectivity index (χ3n) is 6.39. The van der Waals surface area contributed by atoms with Crippen molar-refractivity contribution in [3.63, 3.8) is 0 Å². The normalized spacial score (nSPS) is 16.8. The molecule has 0 fully saturated rings. The van der Waals surface area contributed by atoms with E-state index in [1.807, 2.05) is 18.2 Å². The Balaban J connectivity index is 1.67. The highest BCUT2D eigenvalue weighted by molar-refractivity contribution is 6.49. The molecule has 2 aromatic rings. The predicted molar refractivity (Wildman–Crippen MR) is 148 cm³/mol. The van der Waals surface area contributed by atoms with Gasteiger partial charge < -0.3 is 20.5 Å². The fraction of sp³-hybridized carbons (Fsp3) is 0.233. The molecule has 2 amide bonds. The molecule has 1 atom stereocenters. The number of carbonyl (C=O) groups excluding carboxylic acids is 4. The Morgan fingerprint density at radius 3 is 2.50 bits per heavy atom. The molecule has 10 nitrogen and oxygen atoms in total. The Bertz CT molecular complexity index is 1540. The van der Waals surface area contributed by atoms with Gasteiger partial charge in [0.25, 0.3) is 5.91 Å². The Kier molecular flexibility index (Phi) is 8.57. The van der Waals surface area contributed by atoms with Gasteiger partial charge in [0.2, 0.25) is 5.91 Å². The zero-order chi connectivity index (χ0) is 28.8. The van der Waals surface area contributed by atoms with Gasteiger partial charge in [-0.25, -0.2) is 10.2 Å². The van der Waals surface area contributed by atoms with E-state index in [2.05, 4.69) is 33.0 Å². The molecule has 1 unspecified atom stereocenters. The Morgan fingerprint density at radius 1 is 1.10 bits per heavy atom. The van der Waals surface area contributed by atoms with Crippen LogP contribution < -0.4 is 16.1 Å². The lowest BCUT2D eigenvalue weighted by molar-refractivity contribution is -0.136. The van der Waals surface area contributed by atoms with E-state index >= 15 is 0 Å². The number of nitrogens with zero attached hydrogens (tertiary/aromatic N) is 1. The summed E-state index contributed by atoms with van der Waals surface area (Å²) in [7, 11) is 1.29. The topological polar surface area (TPSA) is 146 Å². The van der Waals surface area contributed by atoms with Crippen LogP contribution in [0.2, 0.25) is 0 Å². The second-order valence-electron chi connectivity index (χ2n) is 9.15. The van der Waals surface area contributed by atoms with Gasteiger partial charge in [-0.1, -0.05) is 36.1 Å². The minimum absolute atomic E-state index is 0.0520. The molecule has 2 aliphatic rings. The van der Waals surface area contributed by atoms with Crippen LogP contribution in [0.1, 0.15) is 49.3 Å². The second-order valence-corrected chi connectivity index (χ2v) is 9.15. The number of esters is 1. The van der Waals surface area contributed by atoms with E-state index in [1.54, 1.807) is 44.2 Å². The molecular formula is C30H28N4O6. The summed E-state index contributed by atoms with van der Waals surface area (Å²) in [6.07, 6.45) is 0.0500. The molecule has 4 rings (SSSR count). The summed E-state index contributed by atoms with van der Waals surface area (Å²) in [5.74, 6) is 3.28. The molecule has 0 bridgehead atoms. The molecule has 2 heterocycles. The average Bonchev–Trinajstić information content (AvgIpc) is 2.93. The maximum absolute atomic E-state index is 13.7. The first-order valence-corrected chi connectivity index (χ1v) is 12.5. The Morgan fingerprint density at radius 2 is 1.82 bits per heavy atom. The van der Waals surface area contributed by atoms with E-state index in [0.29, 0.717) is 51.3 Å². The third-order valence-corrected chi connectivity index (χ3v) is 6.39. The van der Waals surface area contributed by atoms with E-state index in [4.69, 9.17) is 9.84 Å². The number of dihydropyridines is 1. The molecule has 40 heavy (non-hydrogen) atoms. The van der Waals surface area contributed by atoms with Crippen LogP contribution in [0, 0.1) is 11.8 Å². The number of ether oxygens (including phenoxy) is 1. The van der Waals surface area contributed by atoms with E-state index < -0.39 is 29.5 Å². The molecule has 0 aliphatic carbocycles. The summed E-state index contributed by atoms with van der Waals surface area (Å²) in [6, 6.07) is 13.7. The summed E-state index contributed by atoms with van der Waals surface area (Å²) in [5, 5.41) is 18.9. The lowest BCUT2D eigenvalue weighted by atomic mass is 9.79. The van der Waals surface area contributed by atoms with Gasteiger partial charge in [-0.15, -0.1) is 0 Å². The molecule has 2 aromatic carbocycles.